The second kappa shape index (κ2) is 12.6. The summed E-state index contributed by atoms with van der Waals surface area (Å²) in [6.07, 6.45) is 0. The third-order valence-electron chi connectivity index (χ3n) is 5.51. The minimum absolute atomic E-state index is 0. The van der Waals surface area contributed by atoms with Crippen molar-refractivity contribution in [3.8, 4) is 11.5 Å². The fraction of sp³-hybridized carbons (Fsp3) is 0.115. The van der Waals surface area contributed by atoms with Crippen LogP contribution in [0.2, 0.25) is 10.0 Å². The van der Waals surface area contributed by atoms with Gasteiger partial charge < -0.3 is 15.2 Å². The monoisotopic (exact) mass is 595 g/mol. The van der Waals surface area contributed by atoms with Gasteiger partial charge in [-0.1, -0.05) is 59.3 Å². The van der Waals surface area contributed by atoms with Crippen molar-refractivity contribution in [2.24, 2.45) is 10.2 Å². The van der Waals surface area contributed by atoms with Crippen LogP contribution in [0.3, 0.4) is 0 Å². The first-order valence-corrected chi connectivity index (χ1v) is 13.4. The molecular formula is C26H20Cl2N3NaO6S. The zero-order chi connectivity index (χ0) is 27.6. The molecule has 1 amide bonds. The number of hydrogen-bond acceptors (Lipinski definition) is 7. The molecule has 0 saturated heterocycles. The van der Waals surface area contributed by atoms with Gasteiger partial charge >= 0.3 is 29.6 Å². The number of nitrogens with one attached hydrogen (secondary N) is 1. The Morgan fingerprint density at radius 3 is 2.46 bits per heavy atom. The van der Waals surface area contributed by atoms with E-state index in [0.717, 1.165) is 6.07 Å². The average molecular weight is 596 g/mol. The number of amides is 1. The van der Waals surface area contributed by atoms with Gasteiger partial charge in [0.2, 0.25) is 0 Å². The maximum Gasteiger partial charge on any atom is 1.00 e. The first-order valence-electron chi connectivity index (χ1n) is 11.2. The van der Waals surface area contributed by atoms with Gasteiger partial charge in [0.15, 0.2) is 0 Å². The minimum Gasteiger partial charge on any atom is -0.870 e. The molecular weight excluding hydrogens is 576 g/mol. The van der Waals surface area contributed by atoms with Crippen LogP contribution in [0, 0.1) is 6.92 Å². The largest absolute Gasteiger partial charge is 1.00 e. The van der Waals surface area contributed by atoms with E-state index in [9.17, 15) is 22.9 Å². The molecule has 0 aromatic heterocycles. The molecule has 9 nitrogen and oxygen atoms in total. The van der Waals surface area contributed by atoms with Crippen molar-refractivity contribution in [1.82, 2.24) is 0 Å². The fourth-order valence-electron chi connectivity index (χ4n) is 3.70. The maximum absolute atomic E-state index is 13.5. The van der Waals surface area contributed by atoms with Crippen LogP contribution in [0.4, 0.5) is 17.1 Å². The molecule has 0 spiro atoms. The molecule has 0 aliphatic heterocycles. The topological polar surface area (TPSA) is 140 Å². The van der Waals surface area contributed by atoms with E-state index in [1.54, 1.807) is 56.3 Å². The number of para-hydroxylation sites is 1. The molecule has 4 aromatic rings. The second-order valence-corrected chi connectivity index (χ2v) is 10.3. The molecule has 0 atom stereocenters. The summed E-state index contributed by atoms with van der Waals surface area (Å²) < 4.78 is 38.9. The quantitative estimate of drug-likeness (QED) is 0.189. The number of halogens is 2. The standard InChI is InChI=1S/C26H21Cl2N3O6S.Na/c1-3-37-21-10-6-9-18(27)24(21)29-26(33)17-12-15-7-4-5-8-16(15)23(25(17)32)31-30-20-11-14(2)19(28)13-22(20)38(34,35)36;/h4-13,32H,3H2,1-2H3,(H,29,33)(H,34,35,36);/q;+1/p-1. The number of nitrogens with zero attached hydrogens (tertiary/aromatic N) is 2. The normalized spacial score (nSPS) is 11.4. The van der Waals surface area contributed by atoms with Crippen molar-refractivity contribution >= 4 is 67.1 Å². The molecule has 13 heteroatoms. The third kappa shape index (κ3) is 6.72. The molecule has 2 N–H and O–H groups in total. The Morgan fingerprint density at radius 2 is 1.77 bits per heavy atom. The van der Waals surface area contributed by atoms with Gasteiger partial charge in [-0.25, -0.2) is 0 Å². The second-order valence-electron chi connectivity index (χ2n) is 8.07. The van der Waals surface area contributed by atoms with Gasteiger partial charge in [-0.3, -0.25) is 9.35 Å². The molecule has 0 unspecified atom stereocenters. The van der Waals surface area contributed by atoms with Crippen LogP contribution in [0.15, 0.2) is 75.8 Å². The SMILES string of the molecule is CCOc1cccc(Cl)c1NC(=O)c1cc2ccccc2c(N=Nc2cc(C)c(Cl)cc2S(=O)(=O)O)c1[O-].[Na+]. The van der Waals surface area contributed by atoms with E-state index in [1.165, 1.54) is 12.1 Å². The maximum atomic E-state index is 13.5. The molecule has 0 saturated carbocycles. The van der Waals surface area contributed by atoms with E-state index in [2.05, 4.69) is 15.5 Å². The molecule has 0 fully saturated rings. The molecule has 0 aliphatic carbocycles. The van der Waals surface area contributed by atoms with E-state index < -0.39 is 26.7 Å². The van der Waals surface area contributed by atoms with Crippen LogP contribution in [0.1, 0.15) is 22.8 Å². The van der Waals surface area contributed by atoms with Crippen molar-refractivity contribution in [2.75, 3.05) is 11.9 Å². The zero-order valence-electron chi connectivity index (χ0n) is 21.0. The van der Waals surface area contributed by atoms with Crippen molar-refractivity contribution in [2.45, 2.75) is 18.7 Å². The van der Waals surface area contributed by atoms with Gasteiger partial charge in [0.25, 0.3) is 16.0 Å². The summed E-state index contributed by atoms with van der Waals surface area (Å²) in [4.78, 5) is 12.7. The number of fused-ring (bicyclic) bond motifs is 1. The van der Waals surface area contributed by atoms with Crippen LogP contribution in [0.25, 0.3) is 10.8 Å². The van der Waals surface area contributed by atoms with Crippen molar-refractivity contribution in [3.63, 3.8) is 0 Å². The first kappa shape index (κ1) is 30.8. The predicted octanol–water partition coefficient (Wildman–Crippen LogP) is 3.85. The van der Waals surface area contributed by atoms with E-state index in [4.69, 9.17) is 27.9 Å². The predicted molar refractivity (Wildman–Crippen MR) is 144 cm³/mol. The van der Waals surface area contributed by atoms with Gasteiger partial charge in [0.05, 0.1) is 17.3 Å². The average Bonchev–Trinajstić information content (AvgIpc) is 2.86. The summed E-state index contributed by atoms with van der Waals surface area (Å²) in [5.74, 6) is -1.18. The Morgan fingerprint density at radius 1 is 1.05 bits per heavy atom. The summed E-state index contributed by atoms with van der Waals surface area (Å²) in [6.45, 7) is 3.71. The number of carbonyl (C=O) groups is 1. The number of rotatable bonds is 7. The smallest absolute Gasteiger partial charge is 0.870 e. The summed E-state index contributed by atoms with van der Waals surface area (Å²) in [6, 6.07) is 15.3. The Hall–Kier alpha value is -2.70. The van der Waals surface area contributed by atoms with E-state index in [1.807, 2.05) is 0 Å². The Labute approximate surface area is 256 Å². The summed E-state index contributed by atoms with van der Waals surface area (Å²) in [5.41, 5.74) is -0.0109. The summed E-state index contributed by atoms with van der Waals surface area (Å²) in [7, 11) is -4.70. The van der Waals surface area contributed by atoms with Crippen molar-refractivity contribution in [3.05, 3.63) is 81.8 Å². The van der Waals surface area contributed by atoms with Crippen LogP contribution in [-0.2, 0) is 10.1 Å². The number of aryl methyl sites for hydroxylation is 1. The number of ether oxygens (including phenoxy) is 1. The molecule has 0 heterocycles. The fourth-order valence-corrected chi connectivity index (χ4v) is 4.77. The van der Waals surface area contributed by atoms with E-state index in [0.29, 0.717) is 28.7 Å². The number of benzene rings is 4. The number of anilines is 1. The van der Waals surface area contributed by atoms with Crippen LogP contribution >= 0.6 is 23.2 Å². The van der Waals surface area contributed by atoms with Gasteiger partial charge in [-0.05, 0) is 55.1 Å². The van der Waals surface area contributed by atoms with Crippen molar-refractivity contribution in [1.29, 1.82) is 0 Å². The third-order valence-corrected chi connectivity index (χ3v) is 7.11. The Kier molecular flexibility index (Phi) is 10.0. The molecule has 0 aliphatic rings. The van der Waals surface area contributed by atoms with E-state index in [-0.39, 0.29) is 62.2 Å². The molecule has 4 aromatic carbocycles. The van der Waals surface area contributed by atoms with Gasteiger partial charge in [0.1, 0.15) is 22.0 Å². The molecule has 0 radical (unpaired) electrons. The summed E-state index contributed by atoms with van der Waals surface area (Å²) >= 11 is 12.3. The number of carbonyl (C=O) groups excluding carboxylic acids is 1. The molecule has 0 bridgehead atoms. The van der Waals surface area contributed by atoms with Gasteiger partial charge in [-0.2, -0.15) is 13.5 Å². The van der Waals surface area contributed by atoms with Gasteiger partial charge in [-0.15, -0.1) is 5.11 Å². The van der Waals surface area contributed by atoms with Crippen LogP contribution in [0.5, 0.6) is 11.5 Å². The summed E-state index contributed by atoms with van der Waals surface area (Å²) in [5, 5.41) is 25.3. The van der Waals surface area contributed by atoms with E-state index >= 15 is 0 Å². The molecule has 39 heavy (non-hydrogen) atoms. The minimum atomic E-state index is -4.70. The molecule has 196 valence electrons. The van der Waals surface area contributed by atoms with Gasteiger partial charge in [0, 0.05) is 16.0 Å². The van der Waals surface area contributed by atoms with Crippen molar-refractivity contribution < 1.29 is 57.2 Å². The number of hydrogen-bond donors (Lipinski definition) is 2. The Balaban J connectivity index is 0.00000420. The Bertz CT molecular complexity index is 1710. The molecule has 4 rings (SSSR count). The van der Waals surface area contributed by atoms with Crippen LogP contribution in [-0.4, -0.2) is 25.5 Å². The van der Waals surface area contributed by atoms with Crippen LogP contribution < -0.4 is 44.7 Å². The first-order chi connectivity index (χ1) is 18.0. The zero-order valence-corrected chi connectivity index (χ0v) is 25.4. The number of azo groups is 1.